The lowest BCUT2D eigenvalue weighted by atomic mass is 9.86. The SMILES string of the molecule is COc1ccc2c(c1)CCC(=Cc1ccc(OCCN3CCCC3)cc1)C2=O. The van der Waals surface area contributed by atoms with Gasteiger partial charge in [-0.25, -0.2) is 0 Å². The first-order valence-corrected chi connectivity index (χ1v) is 10.1. The number of methoxy groups -OCH3 is 1. The highest BCUT2D eigenvalue weighted by Gasteiger charge is 2.22. The fraction of sp³-hybridized carbons (Fsp3) is 0.375. The Hall–Kier alpha value is -2.59. The molecule has 0 unspecified atom stereocenters. The number of allylic oxidation sites excluding steroid dienone is 1. The van der Waals surface area contributed by atoms with Crippen LogP contribution in [-0.2, 0) is 6.42 Å². The Balaban J connectivity index is 1.39. The van der Waals surface area contributed by atoms with Crippen molar-refractivity contribution >= 4 is 11.9 Å². The number of benzene rings is 2. The maximum atomic E-state index is 12.8. The highest BCUT2D eigenvalue weighted by molar-refractivity contribution is 6.13. The summed E-state index contributed by atoms with van der Waals surface area (Å²) in [6, 6.07) is 13.7. The number of nitrogens with zero attached hydrogens (tertiary/aromatic N) is 1. The van der Waals surface area contributed by atoms with Crippen molar-refractivity contribution < 1.29 is 14.3 Å². The number of ether oxygens (including phenoxy) is 2. The van der Waals surface area contributed by atoms with Crippen molar-refractivity contribution in [3.63, 3.8) is 0 Å². The van der Waals surface area contributed by atoms with Crippen LogP contribution in [0.4, 0.5) is 0 Å². The maximum absolute atomic E-state index is 12.8. The molecule has 28 heavy (non-hydrogen) atoms. The third kappa shape index (κ3) is 4.28. The van der Waals surface area contributed by atoms with E-state index in [1.165, 1.54) is 25.9 Å². The number of likely N-dealkylation sites (tertiary alicyclic amines) is 1. The van der Waals surface area contributed by atoms with Crippen LogP contribution in [0, 0.1) is 0 Å². The molecule has 2 aliphatic rings. The fourth-order valence-electron chi connectivity index (χ4n) is 3.98. The summed E-state index contributed by atoms with van der Waals surface area (Å²) in [5, 5.41) is 0. The number of rotatable bonds is 6. The van der Waals surface area contributed by atoms with Gasteiger partial charge in [-0.1, -0.05) is 12.1 Å². The molecule has 1 aliphatic heterocycles. The van der Waals surface area contributed by atoms with Gasteiger partial charge >= 0.3 is 0 Å². The van der Waals surface area contributed by atoms with Gasteiger partial charge in [-0.05, 0) is 86.3 Å². The minimum absolute atomic E-state index is 0.120. The van der Waals surface area contributed by atoms with E-state index in [1.807, 2.05) is 48.5 Å². The number of aryl methyl sites for hydroxylation is 1. The molecule has 0 bridgehead atoms. The largest absolute Gasteiger partial charge is 0.497 e. The van der Waals surface area contributed by atoms with Crippen molar-refractivity contribution in [2.75, 3.05) is 33.4 Å². The van der Waals surface area contributed by atoms with Crippen LogP contribution < -0.4 is 9.47 Å². The molecule has 0 saturated carbocycles. The Morgan fingerprint density at radius 3 is 2.50 bits per heavy atom. The second-order valence-corrected chi connectivity index (χ2v) is 7.49. The van der Waals surface area contributed by atoms with Gasteiger partial charge < -0.3 is 9.47 Å². The van der Waals surface area contributed by atoms with Gasteiger partial charge in [0, 0.05) is 17.7 Å². The zero-order valence-corrected chi connectivity index (χ0v) is 16.4. The molecule has 1 saturated heterocycles. The van der Waals surface area contributed by atoms with Crippen molar-refractivity contribution in [3.8, 4) is 11.5 Å². The zero-order valence-electron chi connectivity index (χ0n) is 16.4. The lowest BCUT2D eigenvalue weighted by Crippen LogP contribution is -2.25. The van der Waals surface area contributed by atoms with Crippen LogP contribution in [0.5, 0.6) is 11.5 Å². The molecular weight excluding hydrogens is 350 g/mol. The first kappa shape index (κ1) is 18.8. The van der Waals surface area contributed by atoms with Crippen LogP contribution in [0.1, 0.15) is 40.7 Å². The van der Waals surface area contributed by atoms with E-state index in [2.05, 4.69) is 4.90 Å². The Morgan fingerprint density at radius 2 is 1.75 bits per heavy atom. The Bertz CT molecular complexity index is 864. The van der Waals surface area contributed by atoms with Crippen molar-refractivity contribution in [1.29, 1.82) is 0 Å². The monoisotopic (exact) mass is 377 g/mol. The Kier molecular flexibility index (Phi) is 5.77. The number of hydrogen-bond donors (Lipinski definition) is 0. The van der Waals surface area contributed by atoms with E-state index < -0.39 is 0 Å². The van der Waals surface area contributed by atoms with Crippen LogP contribution in [0.3, 0.4) is 0 Å². The average Bonchev–Trinajstić information content (AvgIpc) is 3.24. The molecule has 1 heterocycles. The standard InChI is InChI=1S/C24H27NO3/c1-27-22-10-11-23-19(17-22)6-7-20(24(23)26)16-18-4-8-21(9-5-18)28-15-14-25-12-2-3-13-25/h4-5,8-11,16-17H,2-3,6-7,12-15H2,1H3. The molecule has 4 heteroatoms. The predicted octanol–water partition coefficient (Wildman–Crippen LogP) is 4.38. The third-order valence-corrected chi connectivity index (χ3v) is 5.61. The quantitative estimate of drug-likeness (QED) is 0.700. The van der Waals surface area contributed by atoms with Crippen LogP contribution in [0.15, 0.2) is 48.0 Å². The number of fused-ring (bicyclic) bond motifs is 1. The van der Waals surface area contributed by atoms with Gasteiger partial charge in [-0.3, -0.25) is 9.69 Å². The summed E-state index contributed by atoms with van der Waals surface area (Å²) in [5.74, 6) is 1.81. The Labute approximate surface area is 166 Å². The van der Waals surface area contributed by atoms with Gasteiger partial charge in [-0.15, -0.1) is 0 Å². The molecule has 2 aromatic rings. The Morgan fingerprint density at radius 1 is 1.00 bits per heavy atom. The number of carbonyl (C=O) groups is 1. The molecule has 0 N–H and O–H groups in total. The first-order valence-electron chi connectivity index (χ1n) is 10.1. The minimum atomic E-state index is 0.120. The number of Topliss-reactive ketones (excluding diaryl/α,β-unsaturated/α-hetero) is 1. The molecule has 0 spiro atoms. The number of hydrogen-bond acceptors (Lipinski definition) is 4. The van der Waals surface area contributed by atoms with E-state index in [0.29, 0.717) is 0 Å². The predicted molar refractivity (Wildman–Crippen MR) is 111 cm³/mol. The van der Waals surface area contributed by atoms with Crippen LogP contribution in [0.2, 0.25) is 0 Å². The summed E-state index contributed by atoms with van der Waals surface area (Å²) in [5.41, 5.74) is 3.76. The molecule has 4 rings (SSSR count). The number of carbonyl (C=O) groups excluding carboxylic acids is 1. The molecule has 0 radical (unpaired) electrons. The van der Waals surface area contributed by atoms with E-state index in [-0.39, 0.29) is 5.78 Å². The first-order chi connectivity index (χ1) is 13.7. The van der Waals surface area contributed by atoms with E-state index in [1.54, 1.807) is 7.11 Å². The maximum Gasteiger partial charge on any atom is 0.189 e. The van der Waals surface area contributed by atoms with E-state index in [9.17, 15) is 4.79 Å². The highest BCUT2D eigenvalue weighted by Crippen LogP contribution is 2.29. The van der Waals surface area contributed by atoms with Gasteiger partial charge in [0.15, 0.2) is 5.78 Å². The van der Waals surface area contributed by atoms with Crippen molar-refractivity contribution in [3.05, 3.63) is 64.7 Å². The second kappa shape index (κ2) is 8.61. The second-order valence-electron chi connectivity index (χ2n) is 7.49. The molecule has 0 amide bonds. The van der Waals surface area contributed by atoms with E-state index in [0.717, 1.165) is 59.8 Å². The average molecular weight is 377 g/mol. The van der Waals surface area contributed by atoms with Gasteiger partial charge in [-0.2, -0.15) is 0 Å². The van der Waals surface area contributed by atoms with Crippen LogP contribution in [-0.4, -0.2) is 44.0 Å². The molecule has 0 atom stereocenters. The smallest absolute Gasteiger partial charge is 0.189 e. The summed E-state index contributed by atoms with van der Waals surface area (Å²) >= 11 is 0. The van der Waals surface area contributed by atoms with Crippen molar-refractivity contribution in [1.82, 2.24) is 4.90 Å². The lowest BCUT2D eigenvalue weighted by Gasteiger charge is -2.18. The summed E-state index contributed by atoms with van der Waals surface area (Å²) < 4.78 is 11.1. The summed E-state index contributed by atoms with van der Waals surface area (Å²) in [4.78, 5) is 15.3. The van der Waals surface area contributed by atoms with Crippen molar-refractivity contribution in [2.24, 2.45) is 0 Å². The van der Waals surface area contributed by atoms with Crippen LogP contribution in [0.25, 0.3) is 6.08 Å². The summed E-state index contributed by atoms with van der Waals surface area (Å²) in [7, 11) is 1.65. The zero-order chi connectivity index (χ0) is 19.3. The third-order valence-electron chi connectivity index (χ3n) is 5.61. The number of ketones is 1. The van der Waals surface area contributed by atoms with Gasteiger partial charge in [0.25, 0.3) is 0 Å². The minimum Gasteiger partial charge on any atom is -0.497 e. The normalized spacial score (nSPS) is 18.3. The van der Waals surface area contributed by atoms with Crippen molar-refractivity contribution in [2.45, 2.75) is 25.7 Å². The van der Waals surface area contributed by atoms with E-state index >= 15 is 0 Å². The van der Waals surface area contributed by atoms with Gasteiger partial charge in [0.05, 0.1) is 7.11 Å². The van der Waals surface area contributed by atoms with Crippen LogP contribution >= 0.6 is 0 Å². The molecule has 0 aromatic heterocycles. The molecule has 146 valence electrons. The van der Waals surface area contributed by atoms with Gasteiger partial charge in [0.1, 0.15) is 18.1 Å². The molecule has 1 aliphatic carbocycles. The molecule has 1 fully saturated rings. The fourth-order valence-corrected chi connectivity index (χ4v) is 3.98. The summed E-state index contributed by atoms with van der Waals surface area (Å²) in [6.07, 6.45) is 6.23. The topological polar surface area (TPSA) is 38.8 Å². The van der Waals surface area contributed by atoms with Gasteiger partial charge in [0.2, 0.25) is 0 Å². The van der Waals surface area contributed by atoms with E-state index in [4.69, 9.17) is 9.47 Å². The summed E-state index contributed by atoms with van der Waals surface area (Å²) in [6.45, 7) is 4.10. The highest BCUT2D eigenvalue weighted by atomic mass is 16.5. The molecule has 2 aromatic carbocycles. The molecular formula is C24H27NO3. The molecule has 4 nitrogen and oxygen atoms in total. The lowest BCUT2D eigenvalue weighted by molar-refractivity contribution is 0.102.